The molecular formula is C12H9BrFN5S. The van der Waals surface area contributed by atoms with E-state index in [0.717, 1.165) is 5.69 Å². The minimum absolute atomic E-state index is 0.340. The van der Waals surface area contributed by atoms with Gasteiger partial charge in [-0.25, -0.2) is 14.4 Å². The molecule has 0 aliphatic heterocycles. The minimum Gasteiger partial charge on any atom is -0.375 e. The normalized spacial score (nSPS) is 10.9. The second kappa shape index (κ2) is 5.29. The van der Waals surface area contributed by atoms with Crippen molar-refractivity contribution in [3.8, 4) is 11.4 Å². The minimum atomic E-state index is -0.340. The topological polar surface area (TPSA) is 80.5 Å². The van der Waals surface area contributed by atoms with Crippen LogP contribution in [-0.2, 0) is 6.42 Å². The Morgan fingerprint density at radius 2 is 2.15 bits per heavy atom. The van der Waals surface area contributed by atoms with Crippen LogP contribution >= 0.6 is 27.3 Å². The lowest BCUT2D eigenvalue weighted by Crippen LogP contribution is -1.92. The Bertz CT molecular complexity index is 734. The zero-order valence-corrected chi connectivity index (χ0v) is 12.5. The third kappa shape index (κ3) is 2.86. The van der Waals surface area contributed by atoms with Crippen molar-refractivity contribution in [1.29, 1.82) is 0 Å². The predicted octanol–water partition coefficient (Wildman–Crippen LogP) is 3.00. The molecule has 0 spiro atoms. The van der Waals surface area contributed by atoms with E-state index in [-0.39, 0.29) is 5.82 Å². The highest BCUT2D eigenvalue weighted by atomic mass is 79.9. The highest BCUT2D eigenvalue weighted by Crippen LogP contribution is 2.22. The Labute approximate surface area is 126 Å². The van der Waals surface area contributed by atoms with Gasteiger partial charge in [0, 0.05) is 15.4 Å². The van der Waals surface area contributed by atoms with Gasteiger partial charge in [-0.05, 0) is 18.2 Å². The molecule has 0 radical (unpaired) electrons. The molecule has 0 amide bonds. The number of halogens is 2. The number of nitrogens with two attached hydrogens (primary N) is 1. The second-order valence-electron chi connectivity index (χ2n) is 4.12. The summed E-state index contributed by atoms with van der Waals surface area (Å²) in [6.07, 6.45) is 0.511. The van der Waals surface area contributed by atoms with Gasteiger partial charge in [-0.15, -0.1) is 11.3 Å². The van der Waals surface area contributed by atoms with Crippen LogP contribution in [0.15, 0.2) is 28.1 Å². The van der Waals surface area contributed by atoms with Crippen molar-refractivity contribution in [3.05, 3.63) is 45.4 Å². The molecule has 2 aromatic heterocycles. The maximum absolute atomic E-state index is 13.4. The molecule has 0 saturated carbocycles. The van der Waals surface area contributed by atoms with Crippen LogP contribution in [0.1, 0.15) is 11.5 Å². The predicted molar refractivity (Wildman–Crippen MR) is 78.8 cm³/mol. The van der Waals surface area contributed by atoms with Crippen LogP contribution in [-0.4, -0.2) is 20.2 Å². The van der Waals surface area contributed by atoms with Crippen LogP contribution in [0.5, 0.6) is 0 Å². The molecular weight excluding hydrogens is 345 g/mol. The molecule has 0 aliphatic rings. The number of thiazole rings is 1. The zero-order chi connectivity index (χ0) is 14.1. The van der Waals surface area contributed by atoms with Gasteiger partial charge < -0.3 is 5.73 Å². The molecule has 1 aromatic carbocycles. The van der Waals surface area contributed by atoms with Crippen LogP contribution < -0.4 is 5.73 Å². The van der Waals surface area contributed by atoms with E-state index >= 15 is 0 Å². The summed E-state index contributed by atoms with van der Waals surface area (Å²) in [4.78, 5) is 8.49. The quantitative estimate of drug-likeness (QED) is 0.758. The Morgan fingerprint density at radius 1 is 1.30 bits per heavy atom. The van der Waals surface area contributed by atoms with Crippen LogP contribution in [0.4, 0.5) is 9.52 Å². The SMILES string of the molecule is Nc1nc(Cc2nc(-c3cc(F)cc(Br)c3)n[nH]2)cs1. The highest BCUT2D eigenvalue weighted by Gasteiger charge is 2.10. The van der Waals surface area contributed by atoms with Gasteiger partial charge in [-0.1, -0.05) is 15.9 Å². The first-order valence-corrected chi connectivity index (χ1v) is 7.35. The molecule has 3 N–H and O–H groups in total. The van der Waals surface area contributed by atoms with E-state index in [0.29, 0.717) is 33.2 Å². The Kier molecular flexibility index (Phi) is 3.49. The number of rotatable bonds is 3. The summed E-state index contributed by atoms with van der Waals surface area (Å²) in [7, 11) is 0. The molecule has 0 atom stereocenters. The number of nitrogen functional groups attached to an aromatic ring is 1. The summed E-state index contributed by atoms with van der Waals surface area (Å²) < 4.78 is 14.0. The average Bonchev–Trinajstić information content (AvgIpc) is 2.98. The molecule has 102 valence electrons. The second-order valence-corrected chi connectivity index (χ2v) is 5.92. The number of H-pyrrole nitrogens is 1. The van der Waals surface area contributed by atoms with E-state index in [9.17, 15) is 4.39 Å². The van der Waals surface area contributed by atoms with Crippen molar-refractivity contribution < 1.29 is 4.39 Å². The summed E-state index contributed by atoms with van der Waals surface area (Å²) in [5.74, 6) is 0.766. The summed E-state index contributed by atoms with van der Waals surface area (Å²) in [5.41, 5.74) is 7.01. The number of aromatic amines is 1. The summed E-state index contributed by atoms with van der Waals surface area (Å²) in [6, 6.07) is 4.53. The molecule has 0 aliphatic carbocycles. The highest BCUT2D eigenvalue weighted by molar-refractivity contribution is 9.10. The van der Waals surface area contributed by atoms with Gasteiger partial charge in [0.2, 0.25) is 0 Å². The first kappa shape index (κ1) is 13.2. The molecule has 0 fully saturated rings. The smallest absolute Gasteiger partial charge is 0.181 e. The number of aromatic nitrogens is 4. The Balaban J connectivity index is 1.86. The van der Waals surface area contributed by atoms with Crippen LogP contribution in [0, 0.1) is 5.82 Å². The maximum Gasteiger partial charge on any atom is 0.181 e. The lowest BCUT2D eigenvalue weighted by molar-refractivity contribution is 0.627. The number of nitrogens with zero attached hydrogens (tertiary/aromatic N) is 3. The van der Waals surface area contributed by atoms with Crippen LogP contribution in [0.2, 0.25) is 0 Å². The first-order valence-electron chi connectivity index (χ1n) is 5.68. The van der Waals surface area contributed by atoms with E-state index in [1.54, 1.807) is 6.07 Å². The van der Waals surface area contributed by atoms with Crippen molar-refractivity contribution in [1.82, 2.24) is 20.2 Å². The van der Waals surface area contributed by atoms with Gasteiger partial charge >= 0.3 is 0 Å². The van der Waals surface area contributed by atoms with E-state index < -0.39 is 0 Å². The fourth-order valence-corrected chi connectivity index (χ4v) is 2.79. The van der Waals surface area contributed by atoms with E-state index in [2.05, 4.69) is 36.1 Å². The van der Waals surface area contributed by atoms with Gasteiger partial charge in [-0.3, -0.25) is 5.10 Å². The third-order valence-electron chi connectivity index (χ3n) is 2.57. The number of benzene rings is 1. The molecule has 3 aromatic rings. The van der Waals surface area contributed by atoms with E-state index in [1.807, 2.05) is 5.38 Å². The monoisotopic (exact) mass is 353 g/mol. The lowest BCUT2D eigenvalue weighted by Gasteiger charge is -1.97. The number of hydrogen-bond acceptors (Lipinski definition) is 5. The van der Waals surface area contributed by atoms with Gasteiger partial charge in [-0.2, -0.15) is 5.10 Å². The van der Waals surface area contributed by atoms with Gasteiger partial charge in [0.15, 0.2) is 11.0 Å². The van der Waals surface area contributed by atoms with Crippen molar-refractivity contribution in [3.63, 3.8) is 0 Å². The number of hydrogen-bond donors (Lipinski definition) is 2. The molecule has 8 heteroatoms. The molecule has 20 heavy (non-hydrogen) atoms. The third-order valence-corrected chi connectivity index (χ3v) is 3.75. The molecule has 5 nitrogen and oxygen atoms in total. The van der Waals surface area contributed by atoms with E-state index in [1.165, 1.54) is 23.5 Å². The van der Waals surface area contributed by atoms with Crippen molar-refractivity contribution in [2.45, 2.75) is 6.42 Å². The fraction of sp³-hybridized carbons (Fsp3) is 0.0833. The largest absolute Gasteiger partial charge is 0.375 e. The Hall–Kier alpha value is -1.80. The summed E-state index contributed by atoms with van der Waals surface area (Å²) in [5, 5.41) is 9.31. The molecule has 0 bridgehead atoms. The van der Waals surface area contributed by atoms with Gasteiger partial charge in [0.25, 0.3) is 0 Å². The molecule has 0 unspecified atom stereocenters. The van der Waals surface area contributed by atoms with Gasteiger partial charge in [0.1, 0.15) is 11.6 Å². The summed E-state index contributed by atoms with van der Waals surface area (Å²) in [6.45, 7) is 0. The standard InChI is InChI=1S/C12H9BrFN5S/c13-7-1-6(2-8(14)3-7)11-17-10(18-19-11)4-9-5-20-12(15)16-9/h1-3,5H,4H2,(H2,15,16)(H,17,18,19). The van der Waals surface area contributed by atoms with Crippen molar-refractivity contribution in [2.75, 3.05) is 5.73 Å². The summed E-state index contributed by atoms with van der Waals surface area (Å²) >= 11 is 4.62. The van der Waals surface area contributed by atoms with Crippen LogP contribution in [0.25, 0.3) is 11.4 Å². The lowest BCUT2D eigenvalue weighted by atomic mass is 10.2. The van der Waals surface area contributed by atoms with E-state index in [4.69, 9.17) is 5.73 Å². The Morgan fingerprint density at radius 3 is 2.85 bits per heavy atom. The first-order chi connectivity index (χ1) is 9.60. The van der Waals surface area contributed by atoms with Crippen molar-refractivity contribution >= 4 is 32.4 Å². The maximum atomic E-state index is 13.4. The number of anilines is 1. The zero-order valence-electron chi connectivity index (χ0n) is 10.1. The molecule has 3 rings (SSSR count). The van der Waals surface area contributed by atoms with Crippen molar-refractivity contribution in [2.24, 2.45) is 0 Å². The fourth-order valence-electron chi connectivity index (χ4n) is 1.76. The molecule has 2 heterocycles. The average molecular weight is 354 g/mol. The van der Waals surface area contributed by atoms with Crippen LogP contribution in [0.3, 0.4) is 0 Å². The van der Waals surface area contributed by atoms with Gasteiger partial charge in [0.05, 0.1) is 12.1 Å². The molecule has 0 saturated heterocycles. The number of nitrogens with one attached hydrogen (secondary N) is 1.